The van der Waals surface area contributed by atoms with Gasteiger partial charge >= 0.3 is 0 Å². The van der Waals surface area contributed by atoms with Gasteiger partial charge in [0.2, 0.25) is 0 Å². The fourth-order valence-electron chi connectivity index (χ4n) is 2.89. The quantitative estimate of drug-likeness (QED) is 0.800. The van der Waals surface area contributed by atoms with Crippen LogP contribution in [0.2, 0.25) is 0 Å². The highest BCUT2D eigenvalue weighted by atomic mass is 16.5. The first-order chi connectivity index (χ1) is 8.34. The molecule has 92 valence electrons. The molecule has 0 aliphatic carbocycles. The molecule has 2 heterocycles. The van der Waals surface area contributed by atoms with Crippen LogP contribution >= 0.6 is 0 Å². The summed E-state index contributed by atoms with van der Waals surface area (Å²) in [5.41, 5.74) is 8.76. The van der Waals surface area contributed by atoms with Gasteiger partial charge in [-0.15, -0.1) is 0 Å². The molecule has 1 aromatic carbocycles. The highest BCUT2D eigenvalue weighted by molar-refractivity contribution is 5.31. The molecule has 1 fully saturated rings. The van der Waals surface area contributed by atoms with Crippen molar-refractivity contribution in [3.05, 3.63) is 35.4 Å². The fourth-order valence-corrected chi connectivity index (χ4v) is 2.89. The summed E-state index contributed by atoms with van der Waals surface area (Å²) in [6, 6.07) is 9.48. The zero-order chi connectivity index (χ0) is 11.7. The Labute approximate surface area is 103 Å². The Morgan fingerprint density at radius 3 is 2.76 bits per heavy atom. The van der Waals surface area contributed by atoms with Gasteiger partial charge in [-0.1, -0.05) is 24.3 Å². The largest absolute Gasteiger partial charge is 0.375 e. The van der Waals surface area contributed by atoms with Crippen LogP contribution in [0.3, 0.4) is 0 Å². The van der Waals surface area contributed by atoms with E-state index in [-0.39, 0.29) is 0 Å². The first kappa shape index (κ1) is 11.2. The average molecular weight is 232 g/mol. The minimum atomic E-state index is 0.394. The second-order valence-electron chi connectivity index (χ2n) is 5.10. The number of hydrogen-bond donors (Lipinski definition) is 1. The molecule has 3 heteroatoms. The Morgan fingerprint density at radius 1 is 1.18 bits per heavy atom. The third kappa shape index (κ3) is 2.23. The zero-order valence-electron chi connectivity index (χ0n) is 10.1. The Morgan fingerprint density at radius 2 is 1.94 bits per heavy atom. The van der Waals surface area contributed by atoms with Crippen molar-refractivity contribution < 1.29 is 4.74 Å². The molecule has 1 atom stereocenters. The van der Waals surface area contributed by atoms with Gasteiger partial charge in [-0.3, -0.25) is 4.90 Å². The van der Waals surface area contributed by atoms with Crippen LogP contribution in [-0.2, 0) is 11.3 Å². The maximum Gasteiger partial charge on any atom is 0.0721 e. The molecule has 0 spiro atoms. The van der Waals surface area contributed by atoms with Gasteiger partial charge in [0.15, 0.2) is 0 Å². The topological polar surface area (TPSA) is 38.5 Å². The van der Waals surface area contributed by atoms with Crippen LogP contribution in [0, 0.1) is 0 Å². The number of nitrogens with zero attached hydrogens (tertiary/aromatic N) is 1. The standard InChI is InChI=1S/C14H20N2O/c15-12-5-7-16(8-6-12)14-10-17-9-11-3-1-2-4-13(11)14/h1-4,12,14H,5-10,15H2. The van der Waals surface area contributed by atoms with E-state index in [2.05, 4.69) is 29.2 Å². The van der Waals surface area contributed by atoms with Crippen molar-refractivity contribution in [2.24, 2.45) is 5.73 Å². The van der Waals surface area contributed by atoms with Crippen LogP contribution in [0.15, 0.2) is 24.3 Å². The van der Waals surface area contributed by atoms with Crippen molar-refractivity contribution in [1.82, 2.24) is 4.90 Å². The van der Waals surface area contributed by atoms with Gasteiger partial charge in [-0.2, -0.15) is 0 Å². The molecule has 1 aromatic rings. The van der Waals surface area contributed by atoms with Gasteiger partial charge < -0.3 is 10.5 Å². The van der Waals surface area contributed by atoms with E-state index in [1.54, 1.807) is 0 Å². The van der Waals surface area contributed by atoms with Crippen LogP contribution in [0.25, 0.3) is 0 Å². The lowest BCUT2D eigenvalue weighted by molar-refractivity contribution is 0.0228. The lowest BCUT2D eigenvalue weighted by Gasteiger charge is -2.39. The molecule has 1 unspecified atom stereocenters. The highest BCUT2D eigenvalue weighted by Gasteiger charge is 2.28. The van der Waals surface area contributed by atoms with E-state index in [9.17, 15) is 0 Å². The third-order valence-electron chi connectivity index (χ3n) is 3.96. The van der Waals surface area contributed by atoms with Gasteiger partial charge in [-0.05, 0) is 24.0 Å². The lowest BCUT2D eigenvalue weighted by Crippen LogP contribution is -2.43. The second kappa shape index (κ2) is 4.77. The van der Waals surface area contributed by atoms with Crippen molar-refractivity contribution in [2.45, 2.75) is 31.5 Å². The predicted molar refractivity (Wildman–Crippen MR) is 67.6 cm³/mol. The molecule has 17 heavy (non-hydrogen) atoms. The molecule has 2 aliphatic heterocycles. The summed E-state index contributed by atoms with van der Waals surface area (Å²) in [5, 5.41) is 0. The van der Waals surface area contributed by atoms with E-state index >= 15 is 0 Å². The first-order valence-electron chi connectivity index (χ1n) is 6.50. The Kier molecular flexibility index (Phi) is 3.14. The lowest BCUT2D eigenvalue weighted by atomic mass is 9.95. The number of nitrogens with two attached hydrogens (primary N) is 1. The molecule has 2 aliphatic rings. The highest BCUT2D eigenvalue weighted by Crippen LogP contribution is 2.31. The predicted octanol–water partition coefficient (Wildman–Crippen LogP) is 1.68. The molecule has 0 bridgehead atoms. The summed E-state index contributed by atoms with van der Waals surface area (Å²) in [6.07, 6.45) is 2.22. The molecule has 0 radical (unpaired) electrons. The SMILES string of the molecule is NC1CCN(C2COCc3ccccc32)CC1. The smallest absolute Gasteiger partial charge is 0.0721 e. The maximum atomic E-state index is 5.96. The van der Waals surface area contributed by atoms with Gasteiger partial charge in [0.1, 0.15) is 0 Å². The van der Waals surface area contributed by atoms with Crippen LogP contribution in [-0.4, -0.2) is 30.6 Å². The Bertz CT molecular complexity index is 386. The van der Waals surface area contributed by atoms with E-state index in [1.165, 1.54) is 11.1 Å². The van der Waals surface area contributed by atoms with Crippen LogP contribution in [0.5, 0.6) is 0 Å². The Balaban J connectivity index is 1.80. The minimum Gasteiger partial charge on any atom is -0.375 e. The summed E-state index contributed by atoms with van der Waals surface area (Å²) in [7, 11) is 0. The number of rotatable bonds is 1. The number of likely N-dealkylation sites (tertiary alicyclic amines) is 1. The number of hydrogen-bond acceptors (Lipinski definition) is 3. The summed E-state index contributed by atoms with van der Waals surface area (Å²) >= 11 is 0. The molecule has 0 aromatic heterocycles. The molecule has 3 rings (SSSR count). The molecular formula is C14H20N2O. The van der Waals surface area contributed by atoms with Crippen molar-refractivity contribution >= 4 is 0 Å². The minimum absolute atomic E-state index is 0.394. The van der Waals surface area contributed by atoms with Crippen LogP contribution in [0.1, 0.15) is 30.0 Å². The molecule has 1 saturated heterocycles. The number of piperidine rings is 1. The zero-order valence-corrected chi connectivity index (χ0v) is 10.1. The van der Waals surface area contributed by atoms with Crippen molar-refractivity contribution in [1.29, 1.82) is 0 Å². The Hall–Kier alpha value is -0.900. The molecule has 2 N–H and O–H groups in total. The van der Waals surface area contributed by atoms with E-state index in [4.69, 9.17) is 10.5 Å². The molecule has 3 nitrogen and oxygen atoms in total. The van der Waals surface area contributed by atoms with Crippen molar-refractivity contribution in [3.8, 4) is 0 Å². The second-order valence-corrected chi connectivity index (χ2v) is 5.10. The van der Waals surface area contributed by atoms with E-state index in [0.29, 0.717) is 12.1 Å². The van der Waals surface area contributed by atoms with Crippen LogP contribution in [0.4, 0.5) is 0 Å². The number of ether oxygens (including phenoxy) is 1. The van der Waals surface area contributed by atoms with E-state index in [0.717, 1.165) is 39.1 Å². The normalized spacial score (nSPS) is 26.8. The fraction of sp³-hybridized carbons (Fsp3) is 0.571. The number of benzene rings is 1. The molecule has 0 saturated carbocycles. The summed E-state index contributed by atoms with van der Waals surface area (Å²) < 4.78 is 5.72. The van der Waals surface area contributed by atoms with Crippen molar-refractivity contribution in [2.75, 3.05) is 19.7 Å². The van der Waals surface area contributed by atoms with Gasteiger partial charge in [-0.25, -0.2) is 0 Å². The molecule has 0 amide bonds. The number of fused-ring (bicyclic) bond motifs is 1. The summed E-state index contributed by atoms with van der Waals surface area (Å²) in [4.78, 5) is 2.53. The van der Waals surface area contributed by atoms with Crippen LogP contribution < -0.4 is 5.73 Å². The van der Waals surface area contributed by atoms with Crippen molar-refractivity contribution in [3.63, 3.8) is 0 Å². The first-order valence-corrected chi connectivity index (χ1v) is 6.50. The molecular weight excluding hydrogens is 212 g/mol. The average Bonchev–Trinajstić information content (AvgIpc) is 2.39. The van der Waals surface area contributed by atoms with E-state index in [1.807, 2.05) is 0 Å². The van der Waals surface area contributed by atoms with Gasteiger partial charge in [0, 0.05) is 19.1 Å². The van der Waals surface area contributed by atoms with Gasteiger partial charge in [0.05, 0.1) is 19.3 Å². The third-order valence-corrected chi connectivity index (χ3v) is 3.96. The monoisotopic (exact) mass is 232 g/mol. The maximum absolute atomic E-state index is 5.96. The van der Waals surface area contributed by atoms with Gasteiger partial charge in [0.25, 0.3) is 0 Å². The summed E-state index contributed by atoms with van der Waals surface area (Å²) in [6.45, 7) is 3.79. The van der Waals surface area contributed by atoms with E-state index < -0.39 is 0 Å². The summed E-state index contributed by atoms with van der Waals surface area (Å²) in [5.74, 6) is 0.